The number of nitrogens with zero attached hydrogens (tertiary/aromatic N) is 4. The van der Waals surface area contributed by atoms with Crippen LogP contribution in [0, 0.1) is 0 Å². The highest BCUT2D eigenvalue weighted by Gasteiger charge is 2.38. The van der Waals surface area contributed by atoms with Crippen molar-refractivity contribution in [1.82, 2.24) is 14.9 Å². The van der Waals surface area contributed by atoms with Crippen LogP contribution in [0.2, 0.25) is 5.02 Å². The highest BCUT2D eigenvalue weighted by atomic mass is 35.5. The number of likely N-dealkylation sites (N-methyl/N-ethyl adjacent to an activating group) is 1. The smallest absolute Gasteiger partial charge is 0.227 e. The summed E-state index contributed by atoms with van der Waals surface area (Å²) in [5.74, 6) is 2.10. The molecule has 0 aliphatic carbocycles. The van der Waals surface area contributed by atoms with Crippen molar-refractivity contribution in [2.75, 3.05) is 56.4 Å². The number of halogens is 1. The second-order valence-electron chi connectivity index (χ2n) is 9.81. The van der Waals surface area contributed by atoms with E-state index in [0.717, 1.165) is 48.0 Å². The van der Waals surface area contributed by atoms with E-state index >= 15 is 0 Å². The molecule has 3 aliphatic heterocycles. The fourth-order valence-electron chi connectivity index (χ4n) is 5.48. The standard InChI is InChI=1S/C25H32ClN5O3S/c1-30-15-19(7-8-21(30)32)27-23-22-20(9-14-35(22)33)28-24(29-23)31-12-10-25(11-13-31,16-34-2)17-3-5-18(26)6-4-17/h3-6,19H,7-16H2,1-2H3,(H,27,28,29). The van der Waals surface area contributed by atoms with E-state index in [4.69, 9.17) is 26.3 Å². The van der Waals surface area contributed by atoms with Gasteiger partial charge >= 0.3 is 0 Å². The minimum absolute atomic E-state index is 0.0750. The second-order valence-corrected chi connectivity index (χ2v) is 11.8. The summed E-state index contributed by atoms with van der Waals surface area (Å²) in [6.07, 6.45) is 3.77. The largest absolute Gasteiger partial charge is 0.384 e. The van der Waals surface area contributed by atoms with Gasteiger partial charge in [0.2, 0.25) is 11.9 Å². The lowest BCUT2D eigenvalue weighted by atomic mass is 9.73. The zero-order chi connectivity index (χ0) is 24.6. The fraction of sp³-hybridized carbons (Fsp3) is 0.560. The molecule has 188 valence electrons. The van der Waals surface area contributed by atoms with Crippen LogP contribution in [0.15, 0.2) is 29.2 Å². The average molecular weight is 518 g/mol. The number of carbonyl (C=O) groups is 1. The molecule has 2 atom stereocenters. The van der Waals surface area contributed by atoms with E-state index in [1.807, 2.05) is 19.2 Å². The molecule has 5 rings (SSSR count). The van der Waals surface area contributed by atoms with Crippen LogP contribution in [0.3, 0.4) is 0 Å². The van der Waals surface area contributed by atoms with Crippen molar-refractivity contribution in [2.24, 2.45) is 0 Å². The van der Waals surface area contributed by atoms with Crippen LogP contribution in [0.5, 0.6) is 0 Å². The lowest BCUT2D eigenvalue weighted by molar-refractivity contribution is -0.132. The van der Waals surface area contributed by atoms with E-state index in [9.17, 15) is 9.00 Å². The van der Waals surface area contributed by atoms with Crippen molar-refractivity contribution in [3.63, 3.8) is 0 Å². The van der Waals surface area contributed by atoms with Crippen molar-refractivity contribution in [3.05, 3.63) is 40.5 Å². The van der Waals surface area contributed by atoms with Crippen LogP contribution in [-0.4, -0.2) is 77.2 Å². The van der Waals surface area contributed by atoms with Gasteiger partial charge in [-0.2, -0.15) is 4.98 Å². The maximum atomic E-state index is 12.8. The molecule has 1 aromatic heterocycles. The van der Waals surface area contributed by atoms with Crippen LogP contribution < -0.4 is 10.2 Å². The summed E-state index contributed by atoms with van der Waals surface area (Å²) in [5, 5.41) is 4.25. The molecule has 2 saturated heterocycles. The third-order valence-corrected chi connectivity index (χ3v) is 9.24. The molecule has 2 unspecified atom stereocenters. The van der Waals surface area contributed by atoms with E-state index in [-0.39, 0.29) is 17.4 Å². The van der Waals surface area contributed by atoms with Gasteiger partial charge in [0.25, 0.3) is 0 Å². The average Bonchev–Trinajstić information content (AvgIpc) is 3.23. The van der Waals surface area contributed by atoms with Crippen molar-refractivity contribution in [2.45, 2.75) is 48.5 Å². The van der Waals surface area contributed by atoms with Gasteiger partial charge in [0.05, 0.1) is 23.1 Å². The number of ether oxygens (including phenoxy) is 1. The molecule has 3 aliphatic rings. The Morgan fingerprint density at radius 2 is 1.94 bits per heavy atom. The van der Waals surface area contributed by atoms with Crippen LogP contribution >= 0.6 is 11.6 Å². The van der Waals surface area contributed by atoms with Gasteiger partial charge in [0.15, 0.2) is 0 Å². The van der Waals surface area contributed by atoms with Crippen molar-refractivity contribution in [3.8, 4) is 0 Å². The number of piperidine rings is 2. The van der Waals surface area contributed by atoms with E-state index in [0.29, 0.717) is 43.5 Å². The number of benzene rings is 1. The van der Waals surface area contributed by atoms with Gasteiger partial charge in [-0.05, 0) is 37.0 Å². The first-order chi connectivity index (χ1) is 16.9. The minimum atomic E-state index is -1.10. The van der Waals surface area contributed by atoms with Gasteiger partial charge in [-0.25, -0.2) is 4.98 Å². The Labute approximate surface area is 213 Å². The maximum Gasteiger partial charge on any atom is 0.227 e. The number of hydrogen-bond acceptors (Lipinski definition) is 7. The Morgan fingerprint density at radius 3 is 2.63 bits per heavy atom. The van der Waals surface area contributed by atoms with Gasteiger partial charge in [-0.3, -0.25) is 9.00 Å². The lowest BCUT2D eigenvalue weighted by Crippen LogP contribution is -2.46. The third-order valence-electron chi connectivity index (χ3n) is 7.52. The summed E-state index contributed by atoms with van der Waals surface area (Å²) in [7, 11) is 2.48. The molecule has 10 heteroatoms. The monoisotopic (exact) mass is 517 g/mol. The normalized spacial score (nSPS) is 23.9. The van der Waals surface area contributed by atoms with Gasteiger partial charge in [-0.1, -0.05) is 23.7 Å². The number of aryl methyl sites for hydroxylation is 1. The molecule has 1 amide bonds. The summed E-state index contributed by atoms with van der Waals surface area (Å²) >= 11 is 6.13. The van der Waals surface area contributed by atoms with Crippen LogP contribution in [-0.2, 0) is 32.2 Å². The molecule has 1 N–H and O–H groups in total. The number of rotatable bonds is 6. The molecule has 0 spiro atoms. The number of methoxy groups -OCH3 is 1. The second kappa shape index (κ2) is 10.0. The Hall–Kier alpha value is -2.23. The van der Waals surface area contributed by atoms with E-state index < -0.39 is 10.8 Å². The molecular formula is C25H32ClN5O3S. The number of nitrogens with one attached hydrogen (secondary N) is 1. The molecular weight excluding hydrogens is 486 g/mol. The number of aromatic nitrogens is 2. The number of amides is 1. The predicted molar refractivity (Wildman–Crippen MR) is 138 cm³/mol. The van der Waals surface area contributed by atoms with Gasteiger partial charge < -0.3 is 19.9 Å². The maximum absolute atomic E-state index is 12.8. The highest BCUT2D eigenvalue weighted by Crippen LogP contribution is 2.38. The molecule has 35 heavy (non-hydrogen) atoms. The molecule has 1 aromatic carbocycles. The molecule has 0 radical (unpaired) electrons. The summed E-state index contributed by atoms with van der Waals surface area (Å²) in [6, 6.07) is 8.18. The first-order valence-electron chi connectivity index (χ1n) is 12.2. The molecule has 2 aromatic rings. The van der Waals surface area contributed by atoms with Gasteiger partial charge in [0.1, 0.15) is 10.7 Å². The quantitative estimate of drug-likeness (QED) is 0.630. The summed E-state index contributed by atoms with van der Waals surface area (Å²) in [6.45, 7) is 2.86. The molecule has 8 nitrogen and oxygen atoms in total. The Kier molecular flexibility index (Phi) is 7.01. The molecule has 2 fully saturated rings. The topological polar surface area (TPSA) is 87.7 Å². The summed E-state index contributed by atoms with van der Waals surface area (Å²) in [5.41, 5.74) is 2.04. The third kappa shape index (κ3) is 4.90. The molecule has 4 heterocycles. The fourth-order valence-corrected chi connectivity index (χ4v) is 6.92. The Balaban J connectivity index is 1.38. The lowest BCUT2D eigenvalue weighted by Gasteiger charge is -2.42. The zero-order valence-corrected chi connectivity index (χ0v) is 21.8. The van der Waals surface area contributed by atoms with Crippen LogP contribution in [0.4, 0.5) is 11.8 Å². The van der Waals surface area contributed by atoms with Crippen molar-refractivity contribution < 1.29 is 13.7 Å². The summed E-state index contributed by atoms with van der Waals surface area (Å²) < 4.78 is 18.4. The Morgan fingerprint density at radius 1 is 1.20 bits per heavy atom. The van der Waals surface area contributed by atoms with E-state index in [1.165, 1.54) is 5.56 Å². The molecule has 0 saturated carbocycles. The van der Waals surface area contributed by atoms with Crippen molar-refractivity contribution >= 4 is 40.1 Å². The zero-order valence-electron chi connectivity index (χ0n) is 20.3. The predicted octanol–water partition coefficient (Wildman–Crippen LogP) is 3.01. The number of hydrogen-bond donors (Lipinski definition) is 1. The van der Waals surface area contributed by atoms with E-state index in [2.05, 4.69) is 22.3 Å². The first-order valence-corrected chi connectivity index (χ1v) is 13.9. The van der Waals surface area contributed by atoms with Crippen LogP contribution in [0.1, 0.15) is 36.9 Å². The van der Waals surface area contributed by atoms with Crippen LogP contribution in [0.25, 0.3) is 0 Å². The van der Waals surface area contributed by atoms with Crippen molar-refractivity contribution in [1.29, 1.82) is 0 Å². The van der Waals surface area contributed by atoms with E-state index in [1.54, 1.807) is 12.0 Å². The summed E-state index contributed by atoms with van der Waals surface area (Å²) in [4.78, 5) is 26.4. The SMILES string of the molecule is COCC1(c2ccc(Cl)cc2)CCN(c2nc3c(c(NC4CCC(=O)N(C)C4)n2)S(=O)CC3)CC1. The van der Waals surface area contributed by atoms with Gasteiger partial charge in [-0.15, -0.1) is 0 Å². The number of likely N-dealkylation sites (tertiary alicyclic amines) is 1. The first kappa shape index (κ1) is 24.5. The Bertz CT molecular complexity index is 1120. The minimum Gasteiger partial charge on any atom is -0.384 e. The van der Waals surface area contributed by atoms with Gasteiger partial charge in [0, 0.05) is 68.9 Å². The number of carbonyl (C=O) groups excluding carboxylic acids is 1. The number of anilines is 2. The number of fused-ring (bicyclic) bond motifs is 1. The highest BCUT2D eigenvalue weighted by molar-refractivity contribution is 7.85. The molecule has 0 bridgehead atoms.